The van der Waals surface area contributed by atoms with Gasteiger partial charge in [0.2, 0.25) is 6.41 Å². The number of carbonyl (C=O) groups excluding carboxylic acids is 2. The molecule has 0 aliphatic carbocycles. The van der Waals surface area contributed by atoms with Crippen molar-refractivity contribution in [1.29, 1.82) is 0 Å². The molecule has 0 saturated carbocycles. The molecule has 100 valence electrons. The molecule has 2 unspecified atom stereocenters. The van der Waals surface area contributed by atoms with Crippen LogP contribution in [0.1, 0.15) is 65.2 Å². The molecule has 0 fully saturated rings. The van der Waals surface area contributed by atoms with E-state index in [-0.39, 0.29) is 6.04 Å². The highest BCUT2D eigenvalue weighted by molar-refractivity contribution is 5.63. The van der Waals surface area contributed by atoms with Gasteiger partial charge in [0, 0.05) is 0 Å². The van der Waals surface area contributed by atoms with Gasteiger partial charge < -0.3 is 10.1 Å². The predicted octanol–water partition coefficient (Wildman–Crippen LogP) is 3.08. The summed E-state index contributed by atoms with van der Waals surface area (Å²) in [7, 11) is 0. The van der Waals surface area contributed by atoms with Gasteiger partial charge in [-0.3, -0.25) is 4.79 Å². The lowest BCUT2D eigenvalue weighted by Gasteiger charge is -2.19. The van der Waals surface area contributed by atoms with Crippen LogP contribution in [0.4, 0.5) is 0 Å². The molecule has 0 aliphatic rings. The Morgan fingerprint density at radius 2 is 1.65 bits per heavy atom. The summed E-state index contributed by atoms with van der Waals surface area (Å²) in [6, 6.07) is -0.295. The van der Waals surface area contributed by atoms with E-state index >= 15 is 0 Å². The van der Waals surface area contributed by atoms with E-state index in [1.165, 1.54) is 44.9 Å². The summed E-state index contributed by atoms with van der Waals surface area (Å²) >= 11 is 0. The van der Waals surface area contributed by atoms with Gasteiger partial charge in [-0.05, 0) is 12.3 Å². The van der Waals surface area contributed by atoms with E-state index < -0.39 is 0 Å². The first-order valence-corrected chi connectivity index (χ1v) is 6.93. The number of unbranched alkanes of at least 4 members (excludes halogenated alkanes) is 3. The van der Waals surface area contributed by atoms with Crippen LogP contribution in [0.15, 0.2) is 0 Å². The number of amides is 1. The van der Waals surface area contributed by atoms with Crippen molar-refractivity contribution in [3.63, 3.8) is 0 Å². The number of nitrogens with one attached hydrogen (secondary N) is 1. The van der Waals surface area contributed by atoms with Crippen molar-refractivity contribution >= 4 is 12.7 Å². The molecule has 3 heteroatoms. The van der Waals surface area contributed by atoms with Crippen molar-refractivity contribution < 1.29 is 9.59 Å². The summed E-state index contributed by atoms with van der Waals surface area (Å²) in [6.45, 7) is 4.38. The van der Waals surface area contributed by atoms with Gasteiger partial charge >= 0.3 is 0 Å². The third kappa shape index (κ3) is 8.90. The van der Waals surface area contributed by atoms with Gasteiger partial charge in [0.15, 0.2) is 0 Å². The van der Waals surface area contributed by atoms with Crippen molar-refractivity contribution in [3.8, 4) is 0 Å². The molecule has 0 aliphatic heterocycles. The molecule has 0 aromatic rings. The quantitative estimate of drug-likeness (QED) is 0.421. The smallest absolute Gasteiger partial charge is 0.207 e. The first kappa shape index (κ1) is 16.1. The Morgan fingerprint density at radius 1 is 1.00 bits per heavy atom. The van der Waals surface area contributed by atoms with Crippen LogP contribution in [0, 0.1) is 5.92 Å². The summed E-state index contributed by atoms with van der Waals surface area (Å²) in [5, 5.41) is 2.58. The maximum atomic E-state index is 10.8. The molecular formula is C14H27NO2. The number of hydrogen-bond donors (Lipinski definition) is 1. The van der Waals surface area contributed by atoms with Gasteiger partial charge in [-0.2, -0.15) is 0 Å². The molecule has 0 aromatic heterocycles. The fourth-order valence-corrected chi connectivity index (χ4v) is 2.17. The highest BCUT2D eigenvalue weighted by atomic mass is 16.1. The molecule has 17 heavy (non-hydrogen) atoms. The van der Waals surface area contributed by atoms with E-state index in [4.69, 9.17) is 0 Å². The second-order valence-electron chi connectivity index (χ2n) is 4.77. The highest BCUT2D eigenvalue weighted by Crippen LogP contribution is 2.21. The Hall–Kier alpha value is -0.860. The third-order valence-corrected chi connectivity index (χ3v) is 3.22. The Morgan fingerprint density at radius 3 is 2.18 bits per heavy atom. The van der Waals surface area contributed by atoms with E-state index in [1.807, 2.05) is 0 Å². The minimum Gasteiger partial charge on any atom is -0.349 e. The van der Waals surface area contributed by atoms with Crippen LogP contribution in [0.5, 0.6) is 0 Å². The van der Waals surface area contributed by atoms with Crippen molar-refractivity contribution in [2.24, 2.45) is 5.92 Å². The minimum absolute atomic E-state index is 0.295. The maximum absolute atomic E-state index is 10.8. The average molecular weight is 241 g/mol. The maximum Gasteiger partial charge on any atom is 0.207 e. The molecule has 0 radical (unpaired) electrons. The monoisotopic (exact) mass is 241 g/mol. The fraction of sp³-hybridized carbons (Fsp3) is 0.857. The summed E-state index contributed by atoms with van der Waals surface area (Å²) in [5.41, 5.74) is 0. The fourth-order valence-electron chi connectivity index (χ4n) is 2.17. The van der Waals surface area contributed by atoms with Crippen LogP contribution in [0.25, 0.3) is 0 Å². The molecule has 1 amide bonds. The summed E-state index contributed by atoms with van der Waals surface area (Å²) in [4.78, 5) is 21.2. The van der Waals surface area contributed by atoms with Gasteiger partial charge in [0.25, 0.3) is 0 Å². The van der Waals surface area contributed by atoms with Gasteiger partial charge in [0.1, 0.15) is 6.29 Å². The molecule has 0 aromatic carbocycles. The minimum atomic E-state index is -0.295. The molecule has 0 spiro atoms. The topological polar surface area (TPSA) is 46.2 Å². The second kappa shape index (κ2) is 11.6. The summed E-state index contributed by atoms with van der Waals surface area (Å²) in [6.07, 6.45) is 10.8. The number of carbonyl (C=O) groups is 2. The summed E-state index contributed by atoms with van der Waals surface area (Å²) < 4.78 is 0. The number of hydrogen-bond acceptors (Lipinski definition) is 2. The van der Waals surface area contributed by atoms with Crippen molar-refractivity contribution in [3.05, 3.63) is 0 Å². The molecule has 3 nitrogen and oxygen atoms in total. The number of aldehydes is 1. The zero-order valence-electron chi connectivity index (χ0n) is 11.3. The lowest BCUT2D eigenvalue weighted by Crippen LogP contribution is -2.31. The van der Waals surface area contributed by atoms with Crippen molar-refractivity contribution in [2.45, 2.75) is 71.3 Å². The Balaban J connectivity index is 4.04. The molecule has 1 N–H and O–H groups in total. The normalized spacial score (nSPS) is 14.0. The predicted molar refractivity (Wildman–Crippen MR) is 70.8 cm³/mol. The molecule has 0 rings (SSSR count). The largest absolute Gasteiger partial charge is 0.349 e. The summed E-state index contributed by atoms with van der Waals surface area (Å²) in [5.74, 6) is 0.573. The van der Waals surface area contributed by atoms with E-state index in [9.17, 15) is 9.59 Å². The molecular weight excluding hydrogens is 214 g/mol. The first-order valence-electron chi connectivity index (χ1n) is 6.93. The highest BCUT2D eigenvalue weighted by Gasteiger charge is 2.14. The Labute approximate surface area is 105 Å². The Bertz CT molecular complexity index is 195. The van der Waals surface area contributed by atoms with E-state index in [0.717, 1.165) is 12.7 Å². The zero-order valence-corrected chi connectivity index (χ0v) is 11.3. The van der Waals surface area contributed by atoms with Gasteiger partial charge in [0.05, 0.1) is 6.04 Å². The van der Waals surface area contributed by atoms with Crippen LogP contribution >= 0.6 is 0 Å². The van der Waals surface area contributed by atoms with Gasteiger partial charge in [-0.25, -0.2) is 0 Å². The van der Waals surface area contributed by atoms with Crippen LogP contribution in [-0.2, 0) is 9.59 Å². The SMILES string of the molecule is CCCCCC(CCCC)CC(C=O)NC=O. The van der Waals surface area contributed by atoms with E-state index in [0.29, 0.717) is 12.3 Å². The van der Waals surface area contributed by atoms with Crippen LogP contribution < -0.4 is 5.32 Å². The van der Waals surface area contributed by atoms with Crippen LogP contribution in [0.2, 0.25) is 0 Å². The third-order valence-electron chi connectivity index (χ3n) is 3.22. The average Bonchev–Trinajstić information content (AvgIpc) is 2.35. The lowest BCUT2D eigenvalue weighted by atomic mass is 9.90. The first-order chi connectivity index (χ1) is 8.28. The lowest BCUT2D eigenvalue weighted by molar-refractivity contribution is -0.115. The van der Waals surface area contributed by atoms with Gasteiger partial charge in [-0.15, -0.1) is 0 Å². The van der Waals surface area contributed by atoms with Crippen LogP contribution in [0.3, 0.4) is 0 Å². The van der Waals surface area contributed by atoms with E-state index in [1.54, 1.807) is 0 Å². The zero-order chi connectivity index (χ0) is 12.9. The second-order valence-corrected chi connectivity index (χ2v) is 4.77. The van der Waals surface area contributed by atoms with E-state index in [2.05, 4.69) is 19.2 Å². The molecule has 0 heterocycles. The van der Waals surface area contributed by atoms with Crippen molar-refractivity contribution in [1.82, 2.24) is 5.32 Å². The van der Waals surface area contributed by atoms with Gasteiger partial charge in [-0.1, -0.05) is 58.8 Å². The van der Waals surface area contributed by atoms with Crippen LogP contribution in [-0.4, -0.2) is 18.7 Å². The molecule has 2 atom stereocenters. The Kier molecular flexibility index (Phi) is 11.0. The van der Waals surface area contributed by atoms with Crippen molar-refractivity contribution in [2.75, 3.05) is 0 Å². The number of rotatable bonds is 12. The molecule has 0 bridgehead atoms. The standard InChI is InChI=1S/C14H27NO2/c1-3-5-7-9-13(8-6-4-2)10-14(11-16)15-12-17/h11-14H,3-10H2,1-2H3,(H,15,17). The molecule has 0 saturated heterocycles.